The van der Waals surface area contributed by atoms with Crippen molar-refractivity contribution in [1.82, 2.24) is 9.62 Å². The predicted octanol–water partition coefficient (Wildman–Crippen LogP) is 2.96. The third-order valence-electron chi connectivity index (χ3n) is 4.48. The molecule has 1 fully saturated rings. The topological polar surface area (TPSA) is 110 Å². The van der Waals surface area contributed by atoms with E-state index in [4.69, 9.17) is 11.6 Å². The van der Waals surface area contributed by atoms with E-state index in [1.165, 1.54) is 34.6 Å². The van der Waals surface area contributed by atoms with Gasteiger partial charge in [0.25, 0.3) is 11.6 Å². The van der Waals surface area contributed by atoms with Crippen LogP contribution in [0.4, 0.5) is 5.69 Å². The van der Waals surface area contributed by atoms with Gasteiger partial charge in [-0.05, 0) is 42.7 Å². The summed E-state index contributed by atoms with van der Waals surface area (Å²) in [5.41, 5.74) is 0.193. The van der Waals surface area contributed by atoms with Gasteiger partial charge in [-0.3, -0.25) is 14.9 Å². The van der Waals surface area contributed by atoms with Gasteiger partial charge in [-0.15, -0.1) is 0 Å². The molecule has 28 heavy (non-hydrogen) atoms. The summed E-state index contributed by atoms with van der Waals surface area (Å²) in [4.78, 5) is 22.9. The largest absolute Gasteiger partial charge is 0.348 e. The molecule has 1 aliphatic rings. The molecule has 1 amide bonds. The van der Waals surface area contributed by atoms with Gasteiger partial charge in [-0.1, -0.05) is 23.7 Å². The summed E-state index contributed by atoms with van der Waals surface area (Å²) in [5.74, 6) is -0.636. The van der Waals surface area contributed by atoms with Gasteiger partial charge in [0.1, 0.15) is 5.56 Å². The Morgan fingerprint density at radius 2 is 1.79 bits per heavy atom. The molecule has 0 bridgehead atoms. The number of halogens is 1. The van der Waals surface area contributed by atoms with Gasteiger partial charge >= 0.3 is 0 Å². The minimum Gasteiger partial charge on any atom is -0.348 e. The van der Waals surface area contributed by atoms with Crippen LogP contribution in [0.1, 0.15) is 28.8 Å². The summed E-state index contributed by atoms with van der Waals surface area (Å²) in [6, 6.07) is 9.96. The maximum absolute atomic E-state index is 12.5. The van der Waals surface area contributed by atoms with E-state index in [1.54, 1.807) is 12.1 Å². The Bertz CT molecular complexity index is 1000. The number of nitrogens with one attached hydrogen (secondary N) is 1. The van der Waals surface area contributed by atoms with Gasteiger partial charge in [0.2, 0.25) is 10.0 Å². The van der Waals surface area contributed by atoms with Crippen LogP contribution in [-0.2, 0) is 16.6 Å². The highest BCUT2D eigenvalue weighted by Crippen LogP contribution is 2.23. The van der Waals surface area contributed by atoms with Crippen LogP contribution in [0.5, 0.6) is 0 Å². The smallest absolute Gasteiger partial charge is 0.282 e. The van der Waals surface area contributed by atoms with E-state index in [0.29, 0.717) is 18.7 Å². The Kier molecular flexibility index (Phi) is 5.97. The Labute approximate surface area is 167 Å². The second kappa shape index (κ2) is 8.26. The standard InChI is InChI=1S/C18H18ClN3O5S/c19-14-5-8-17(22(24)25)16(11-14)18(23)20-12-13-3-6-15(7-4-13)28(26,27)21-9-1-2-10-21/h3-8,11H,1-2,9-10,12H2,(H,20,23). The highest BCUT2D eigenvalue weighted by Gasteiger charge is 2.27. The van der Waals surface area contributed by atoms with Crippen molar-refractivity contribution in [2.24, 2.45) is 0 Å². The summed E-state index contributed by atoms with van der Waals surface area (Å²) in [5, 5.41) is 13.9. The number of nitro benzene ring substituents is 1. The number of hydrogen-bond acceptors (Lipinski definition) is 5. The van der Waals surface area contributed by atoms with Crippen molar-refractivity contribution >= 4 is 33.2 Å². The lowest BCUT2D eigenvalue weighted by Crippen LogP contribution is -2.28. The van der Waals surface area contributed by atoms with Crippen LogP contribution in [-0.4, -0.2) is 36.6 Å². The average molecular weight is 424 g/mol. The molecular formula is C18H18ClN3O5S. The summed E-state index contributed by atoms with van der Waals surface area (Å²) in [7, 11) is -3.49. The van der Waals surface area contributed by atoms with Crippen molar-refractivity contribution in [3.63, 3.8) is 0 Å². The summed E-state index contributed by atoms with van der Waals surface area (Å²) in [6.07, 6.45) is 1.72. The fraction of sp³-hybridized carbons (Fsp3) is 0.278. The first kappa shape index (κ1) is 20.2. The minimum atomic E-state index is -3.49. The number of nitro groups is 1. The second-order valence-corrected chi connectivity index (χ2v) is 8.73. The van der Waals surface area contributed by atoms with E-state index in [-0.39, 0.29) is 27.7 Å². The number of sulfonamides is 1. The number of hydrogen-bond donors (Lipinski definition) is 1. The molecule has 3 rings (SSSR count). The fourth-order valence-electron chi connectivity index (χ4n) is 2.98. The molecule has 0 spiro atoms. The first-order chi connectivity index (χ1) is 13.3. The first-order valence-corrected chi connectivity index (χ1v) is 10.4. The predicted molar refractivity (Wildman–Crippen MR) is 104 cm³/mol. The van der Waals surface area contributed by atoms with Crippen LogP contribution < -0.4 is 5.32 Å². The molecule has 2 aromatic rings. The zero-order chi connectivity index (χ0) is 20.3. The van der Waals surface area contributed by atoms with E-state index in [2.05, 4.69) is 5.32 Å². The van der Waals surface area contributed by atoms with E-state index < -0.39 is 20.9 Å². The van der Waals surface area contributed by atoms with Crippen molar-refractivity contribution in [1.29, 1.82) is 0 Å². The van der Waals surface area contributed by atoms with Gasteiger partial charge in [-0.25, -0.2) is 8.42 Å². The van der Waals surface area contributed by atoms with Gasteiger partial charge in [0, 0.05) is 30.7 Å². The first-order valence-electron chi connectivity index (χ1n) is 8.60. The molecule has 0 unspecified atom stereocenters. The molecule has 148 valence electrons. The quantitative estimate of drug-likeness (QED) is 0.567. The molecule has 0 radical (unpaired) electrons. The molecule has 1 heterocycles. The zero-order valence-corrected chi connectivity index (χ0v) is 16.4. The lowest BCUT2D eigenvalue weighted by Gasteiger charge is -2.15. The van der Waals surface area contributed by atoms with E-state index >= 15 is 0 Å². The van der Waals surface area contributed by atoms with Crippen LogP contribution in [0.2, 0.25) is 5.02 Å². The number of carbonyl (C=O) groups is 1. The van der Waals surface area contributed by atoms with E-state index in [1.807, 2.05) is 0 Å². The van der Waals surface area contributed by atoms with Gasteiger partial charge in [0.15, 0.2) is 0 Å². The molecule has 0 atom stereocenters. The van der Waals surface area contributed by atoms with Crippen molar-refractivity contribution in [3.05, 3.63) is 68.7 Å². The summed E-state index contributed by atoms with van der Waals surface area (Å²) in [6.45, 7) is 1.14. The van der Waals surface area contributed by atoms with Crippen molar-refractivity contribution in [3.8, 4) is 0 Å². The number of nitrogens with zero attached hydrogens (tertiary/aromatic N) is 2. The molecule has 1 N–H and O–H groups in total. The zero-order valence-electron chi connectivity index (χ0n) is 14.8. The van der Waals surface area contributed by atoms with Gasteiger partial charge in [-0.2, -0.15) is 4.31 Å². The summed E-state index contributed by atoms with van der Waals surface area (Å²) < 4.78 is 26.5. The SMILES string of the molecule is O=C(NCc1ccc(S(=O)(=O)N2CCCC2)cc1)c1cc(Cl)ccc1[N+](=O)[O-]. The monoisotopic (exact) mass is 423 g/mol. The van der Waals surface area contributed by atoms with E-state index in [9.17, 15) is 23.3 Å². The molecule has 0 aromatic heterocycles. The number of benzene rings is 2. The van der Waals surface area contributed by atoms with Gasteiger partial charge in [0.05, 0.1) is 9.82 Å². The van der Waals surface area contributed by atoms with Crippen LogP contribution in [0.15, 0.2) is 47.4 Å². The lowest BCUT2D eigenvalue weighted by atomic mass is 10.1. The Balaban J connectivity index is 1.69. The molecule has 8 nitrogen and oxygen atoms in total. The highest BCUT2D eigenvalue weighted by molar-refractivity contribution is 7.89. The molecule has 1 aliphatic heterocycles. The van der Waals surface area contributed by atoms with Crippen LogP contribution in [0, 0.1) is 10.1 Å². The Morgan fingerprint density at radius 3 is 2.39 bits per heavy atom. The third-order valence-corrected chi connectivity index (χ3v) is 6.63. The molecular weight excluding hydrogens is 406 g/mol. The number of amides is 1. The second-order valence-electron chi connectivity index (χ2n) is 6.36. The van der Waals surface area contributed by atoms with Gasteiger partial charge < -0.3 is 5.32 Å². The van der Waals surface area contributed by atoms with Crippen molar-refractivity contribution in [2.75, 3.05) is 13.1 Å². The molecule has 2 aromatic carbocycles. The van der Waals surface area contributed by atoms with Crippen LogP contribution in [0.25, 0.3) is 0 Å². The van der Waals surface area contributed by atoms with Crippen LogP contribution in [0.3, 0.4) is 0 Å². The lowest BCUT2D eigenvalue weighted by molar-refractivity contribution is -0.385. The summed E-state index contributed by atoms with van der Waals surface area (Å²) >= 11 is 5.83. The van der Waals surface area contributed by atoms with Crippen LogP contribution >= 0.6 is 11.6 Å². The molecule has 0 aliphatic carbocycles. The normalized spacial score (nSPS) is 14.8. The Morgan fingerprint density at radius 1 is 1.14 bits per heavy atom. The maximum Gasteiger partial charge on any atom is 0.282 e. The fourth-order valence-corrected chi connectivity index (χ4v) is 4.67. The molecule has 10 heteroatoms. The number of carbonyl (C=O) groups excluding carboxylic acids is 1. The van der Waals surface area contributed by atoms with Crippen molar-refractivity contribution < 1.29 is 18.1 Å². The number of rotatable bonds is 6. The molecule has 0 saturated carbocycles. The average Bonchev–Trinajstić information content (AvgIpc) is 3.22. The molecule has 1 saturated heterocycles. The third kappa shape index (κ3) is 4.32. The Hall–Kier alpha value is -2.49. The maximum atomic E-state index is 12.5. The minimum absolute atomic E-state index is 0.0898. The van der Waals surface area contributed by atoms with E-state index in [0.717, 1.165) is 12.8 Å². The highest BCUT2D eigenvalue weighted by atomic mass is 35.5. The van der Waals surface area contributed by atoms with Crippen molar-refractivity contribution in [2.45, 2.75) is 24.3 Å².